The molecule has 0 spiro atoms. The van der Waals surface area contributed by atoms with Crippen LogP contribution in [0.3, 0.4) is 0 Å². The molecule has 0 N–H and O–H groups in total. The predicted molar refractivity (Wildman–Crippen MR) is 111 cm³/mol. The predicted octanol–water partition coefficient (Wildman–Crippen LogP) is 5.11. The van der Waals surface area contributed by atoms with Crippen LogP contribution in [-0.2, 0) is 9.53 Å². The Balaban J connectivity index is 2.01. The lowest BCUT2D eigenvalue weighted by atomic mass is 10.1. The lowest BCUT2D eigenvalue weighted by Gasteiger charge is -2.08. The molecule has 6 nitrogen and oxygen atoms in total. The van der Waals surface area contributed by atoms with Crippen LogP contribution in [0.25, 0.3) is 17.0 Å². The number of aldehydes is 1. The molecule has 0 bridgehead atoms. The molecular weight excluding hydrogens is 440 g/mol. The number of carbonyl (C=O) groups excluding carboxylic acids is 3. The van der Waals surface area contributed by atoms with Gasteiger partial charge in [-0.1, -0.05) is 30.3 Å². The molecule has 3 aromatic rings. The number of ether oxygens (including phenoxy) is 2. The van der Waals surface area contributed by atoms with E-state index in [1.54, 1.807) is 26.0 Å². The first kappa shape index (κ1) is 20.5. The summed E-state index contributed by atoms with van der Waals surface area (Å²) >= 11 is 3.37. The lowest BCUT2D eigenvalue weighted by Crippen LogP contribution is -2.08. The van der Waals surface area contributed by atoms with Crippen molar-refractivity contribution in [2.24, 2.45) is 0 Å². The van der Waals surface area contributed by atoms with Gasteiger partial charge in [0.25, 0.3) is 0 Å². The zero-order chi connectivity index (χ0) is 21.0. The van der Waals surface area contributed by atoms with E-state index in [1.165, 1.54) is 6.08 Å². The largest absolute Gasteiger partial charge is 0.462 e. The number of fused-ring (bicyclic) bond motifs is 1. The molecule has 0 aliphatic carbocycles. The number of furan rings is 1. The average Bonchev–Trinajstić information content (AvgIpc) is 3.12. The van der Waals surface area contributed by atoms with E-state index in [0.29, 0.717) is 27.3 Å². The Morgan fingerprint density at radius 2 is 1.93 bits per heavy atom. The van der Waals surface area contributed by atoms with Gasteiger partial charge in [0, 0.05) is 6.08 Å². The quantitative estimate of drug-likeness (QED) is 0.221. The fraction of sp³-hybridized carbons (Fsp3) is 0.136. The molecule has 0 saturated carbocycles. The van der Waals surface area contributed by atoms with Gasteiger partial charge in [0.1, 0.15) is 16.9 Å². The Kier molecular flexibility index (Phi) is 6.29. The molecule has 1 aromatic heterocycles. The number of benzene rings is 2. The number of esters is 2. The minimum Gasteiger partial charge on any atom is -0.462 e. The van der Waals surface area contributed by atoms with Crippen LogP contribution in [0.15, 0.2) is 51.4 Å². The van der Waals surface area contributed by atoms with E-state index in [0.717, 1.165) is 5.56 Å². The zero-order valence-corrected chi connectivity index (χ0v) is 17.3. The van der Waals surface area contributed by atoms with Gasteiger partial charge in [-0.25, -0.2) is 9.59 Å². The van der Waals surface area contributed by atoms with Gasteiger partial charge < -0.3 is 13.9 Å². The second-order valence-corrected chi connectivity index (χ2v) is 6.85. The van der Waals surface area contributed by atoms with E-state index in [9.17, 15) is 14.4 Å². The van der Waals surface area contributed by atoms with Gasteiger partial charge in [0.05, 0.1) is 16.5 Å². The molecule has 2 aromatic carbocycles. The van der Waals surface area contributed by atoms with Crippen molar-refractivity contribution in [3.05, 3.63) is 69.4 Å². The van der Waals surface area contributed by atoms with Crippen LogP contribution in [0, 0.1) is 6.92 Å². The summed E-state index contributed by atoms with van der Waals surface area (Å²) in [6.45, 7) is 3.52. The van der Waals surface area contributed by atoms with Gasteiger partial charge in [-0.3, -0.25) is 4.79 Å². The third kappa shape index (κ3) is 4.30. The molecule has 29 heavy (non-hydrogen) atoms. The molecule has 0 radical (unpaired) electrons. The maximum atomic E-state index is 12.4. The Hall–Kier alpha value is -3.19. The first-order valence-electron chi connectivity index (χ1n) is 8.79. The molecule has 0 amide bonds. The van der Waals surface area contributed by atoms with Crippen LogP contribution >= 0.6 is 15.9 Å². The maximum absolute atomic E-state index is 12.4. The molecule has 7 heteroatoms. The number of hydrogen-bond acceptors (Lipinski definition) is 6. The Labute approximate surface area is 175 Å². The fourth-order valence-corrected chi connectivity index (χ4v) is 3.39. The van der Waals surface area contributed by atoms with Crippen LogP contribution < -0.4 is 4.74 Å². The van der Waals surface area contributed by atoms with E-state index in [2.05, 4.69) is 15.9 Å². The smallest absolute Gasteiger partial charge is 0.342 e. The van der Waals surface area contributed by atoms with E-state index < -0.39 is 11.9 Å². The zero-order valence-electron chi connectivity index (χ0n) is 15.7. The first-order chi connectivity index (χ1) is 14.0. The van der Waals surface area contributed by atoms with E-state index in [-0.39, 0.29) is 23.7 Å². The molecule has 0 atom stereocenters. The van der Waals surface area contributed by atoms with E-state index >= 15 is 0 Å². The van der Waals surface area contributed by atoms with Crippen molar-refractivity contribution in [2.75, 3.05) is 6.61 Å². The standard InChI is InChI=1S/C22H17BrO6/c1-3-27-22(26)18-16(12-24)29-21-13(2)11-15(20(23)19(18)21)28-17(25)10-9-14-7-5-4-6-8-14/h4-12H,3H2,1-2H3/b10-9+. The topological polar surface area (TPSA) is 82.8 Å². The van der Waals surface area contributed by atoms with Crippen LogP contribution in [0.2, 0.25) is 0 Å². The molecule has 148 valence electrons. The lowest BCUT2D eigenvalue weighted by molar-refractivity contribution is -0.128. The summed E-state index contributed by atoms with van der Waals surface area (Å²) < 4.78 is 16.3. The van der Waals surface area contributed by atoms with Crippen molar-refractivity contribution in [2.45, 2.75) is 13.8 Å². The van der Waals surface area contributed by atoms with Gasteiger partial charge in [0.2, 0.25) is 0 Å². The summed E-state index contributed by atoms with van der Waals surface area (Å²) in [6.07, 6.45) is 3.39. The number of halogens is 1. The van der Waals surface area contributed by atoms with Crippen molar-refractivity contribution in [3.8, 4) is 5.75 Å². The van der Waals surface area contributed by atoms with Crippen LogP contribution in [0.5, 0.6) is 5.75 Å². The second-order valence-electron chi connectivity index (χ2n) is 6.05. The Bertz CT molecular complexity index is 1110. The normalized spacial score (nSPS) is 11.0. The summed E-state index contributed by atoms with van der Waals surface area (Å²) in [5.74, 6) is -1.23. The van der Waals surface area contributed by atoms with Gasteiger partial charge in [-0.05, 0) is 53.0 Å². The molecule has 0 aliphatic rings. The van der Waals surface area contributed by atoms with Gasteiger partial charge in [-0.15, -0.1) is 0 Å². The van der Waals surface area contributed by atoms with Crippen LogP contribution in [0.1, 0.15) is 39.0 Å². The SMILES string of the molecule is CCOC(=O)c1c(C=O)oc2c(C)cc(OC(=O)/C=C/c3ccccc3)c(Br)c12. The third-order valence-corrected chi connectivity index (χ3v) is 4.87. The molecule has 0 aliphatic heterocycles. The number of rotatable bonds is 6. The Morgan fingerprint density at radius 3 is 2.59 bits per heavy atom. The number of carbonyl (C=O) groups is 3. The molecule has 0 fully saturated rings. The highest BCUT2D eigenvalue weighted by molar-refractivity contribution is 9.10. The Morgan fingerprint density at radius 1 is 1.21 bits per heavy atom. The maximum Gasteiger partial charge on any atom is 0.342 e. The highest BCUT2D eigenvalue weighted by atomic mass is 79.9. The van der Waals surface area contributed by atoms with Crippen molar-refractivity contribution in [3.63, 3.8) is 0 Å². The van der Waals surface area contributed by atoms with Crippen LogP contribution in [0.4, 0.5) is 0 Å². The van der Waals surface area contributed by atoms with Crippen molar-refractivity contribution in [1.82, 2.24) is 0 Å². The third-order valence-electron chi connectivity index (χ3n) is 4.09. The fourth-order valence-electron chi connectivity index (χ4n) is 2.82. The molecule has 1 heterocycles. The highest BCUT2D eigenvalue weighted by Gasteiger charge is 2.27. The summed E-state index contributed by atoms with van der Waals surface area (Å²) in [5.41, 5.74) is 1.77. The molecule has 0 saturated heterocycles. The van der Waals surface area contributed by atoms with E-state index in [1.807, 2.05) is 30.3 Å². The highest BCUT2D eigenvalue weighted by Crippen LogP contribution is 2.40. The van der Waals surface area contributed by atoms with Crippen molar-refractivity contribution < 1.29 is 28.3 Å². The minimum atomic E-state index is -0.694. The molecule has 0 unspecified atom stereocenters. The summed E-state index contributed by atoms with van der Waals surface area (Å²) in [4.78, 5) is 36.0. The minimum absolute atomic E-state index is 0.00967. The summed E-state index contributed by atoms with van der Waals surface area (Å²) in [6, 6.07) is 10.9. The van der Waals surface area contributed by atoms with E-state index in [4.69, 9.17) is 13.9 Å². The van der Waals surface area contributed by atoms with Gasteiger partial charge in [-0.2, -0.15) is 0 Å². The van der Waals surface area contributed by atoms with Crippen molar-refractivity contribution >= 4 is 51.2 Å². The first-order valence-corrected chi connectivity index (χ1v) is 9.58. The summed E-state index contributed by atoms with van der Waals surface area (Å²) in [5, 5.41) is 0.320. The number of aryl methyl sites for hydroxylation is 1. The average molecular weight is 457 g/mol. The van der Waals surface area contributed by atoms with Crippen LogP contribution in [-0.4, -0.2) is 24.8 Å². The molecule has 3 rings (SSSR count). The van der Waals surface area contributed by atoms with Gasteiger partial charge in [0.15, 0.2) is 12.0 Å². The van der Waals surface area contributed by atoms with Crippen molar-refractivity contribution in [1.29, 1.82) is 0 Å². The van der Waals surface area contributed by atoms with Gasteiger partial charge >= 0.3 is 11.9 Å². The molecular formula is C22H17BrO6. The second kappa shape index (κ2) is 8.87. The number of hydrogen-bond donors (Lipinski definition) is 0. The monoisotopic (exact) mass is 456 g/mol. The summed E-state index contributed by atoms with van der Waals surface area (Å²) in [7, 11) is 0.